The van der Waals surface area contributed by atoms with E-state index in [0.29, 0.717) is 0 Å². The second kappa shape index (κ2) is 4.67. The topological polar surface area (TPSA) is 79.2 Å². The molecule has 2 aliphatic heterocycles. The molecule has 0 spiro atoms. The van der Waals surface area contributed by atoms with Gasteiger partial charge in [0.15, 0.2) is 0 Å². The molecule has 2 saturated heterocycles. The van der Waals surface area contributed by atoms with E-state index in [9.17, 15) is 9.90 Å². The first kappa shape index (κ1) is 11.8. The lowest BCUT2D eigenvalue weighted by Gasteiger charge is -2.21. The van der Waals surface area contributed by atoms with Gasteiger partial charge in [0.2, 0.25) is 0 Å². The molecule has 0 aromatic heterocycles. The van der Waals surface area contributed by atoms with Gasteiger partial charge in [-0.25, -0.2) is 0 Å². The van der Waals surface area contributed by atoms with E-state index in [1.54, 1.807) is 5.06 Å². The van der Waals surface area contributed by atoms with E-state index in [4.69, 9.17) is 14.7 Å². The minimum absolute atomic E-state index is 0.0290. The predicted molar refractivity (Wildman–Crippen MR) is 53.2 cm³/mol. The van der Waals surface area contributed by atoms with Crippen molar-refractivity contribution in [2.45, 2.75) is 31.1 Å². The number of rotatable bonds is 3. The lowest BCUT2D eigenvalue weighted by molar-refractivity contribution is -0.182. The Morgan fingerprint density at radius 1 is 1.69 bits per heavy atom. The van der Waals surface area contributed by atoms with E-state index < -0.39 is 24.7 Å². The number of carbonyl (C=O) groups excluding carboxylic acids is 1. The van der Waals surface area contributed by atoms with Crippen molar-refractivity contribution in [3.05, 3.63) is 0 Å². The standard InChI is InChI=1S/C10H17NO5/c1-15-10(14)8-6-3-2-4-11(6)16-9(8)7(13)5-12/h6-9,12-13H,2-5H2,1H3/t6-,7-,8+,9-/m1/s1. The molecule has 2 N–H and O–H groups in total. The Labute approximate surface area is 93.7 Å². The number of carbonyl (C=O) groups is 1. The molecule has 0 aromatic rings. The first-order chi connectivity index (χ1) is 7.69. The number of hydrogen-bond donors (Lipinski definition) is 2. The van der Waals surface area contributed by atoms with Crippen molar-refractivity contribution in [3.63, 3.8) is 0 Å². The first-order valence-corrected chi connectivity index (χ1v) is 5.49. The van der Waals surface area contributed by atoms with Crippen LogP contribution in [0.5, 0.6) is 0 Å². The highest BCUT2D eigenvalue weighted by atomic mass is 16.7. The summed E-state index contributed by atoms with van der Waals surface area (Å²) in [5.41, 5.74) is 0. The summed E-state index contributed by atoms with van der Waals surface area (Å²) in [5.74, 6) is -0.887. The fourth-order valence-corrected chi connectivity index (χ4v) is 2.54. The van der Waals surface area contributed by atoms with Crippen LogP contribution in [0.1, 0.15) is 12.8 Å². The zero-order valence-electron chi connectivity index (χ0n) is 9.20. The number of nitrogens with zero attached hydrogens (tertiary/aromatic N) is 1. The molecule has 2 fully saturated rings. The van der Waals surface area contributed by atoms with E-state index in [0.717, 1.165) is 19.4 Å². The minimum Gasteiger partial charge on any atom is -0.469 e. The van der Waals surface area contributed by atoms with Gasteiger partial charge in [0.1, 0.15) is 18.1 Å². The number of fused-ring (bicyclic) bond motifs is 1. The molecule has 2 rings (SSSR count). The summed E-state index contributed by atoms with van der Waals surface area (Å²) in [6.07, 6.45) is 0.0894. The third-order valence-electron chi connectivity index (χ3n) is 3.31. The Balaban J connectivity index is 2.16. The Kier molecular flexibility index (Phi) is 3.44. The van der Waals surface area contributed by atoms with E-state index >= 15 is 0 Å². The van der Waals surface area contributed by atoms with Crippen LogP contribution >= 0.6 is 0 Å². The predicted octanol–water partition coefficient (Wildman–Crippen LogP) is -1.09. The Morgan fingerprint density at radius 2 is 2.44 bits per heavy atom. The van der Waals surface area contributed by atoms with Gasteiger partial charge in [0.05, 0.1) is 19.8 Å². The molecule has 2 heterocycles. The minimum atomic E-state index is -1.05. The van der Waals surface area contributed by atoms with Crippen molar-refractivity contribution in [1.29, 1.82) is 0 Å². The SMILES string of the molecule is COC(=O)[C@@H]1[C@@H]([C@H](O)CO)ON2CCC[C@H]12. The van der Waals surface area contributed by atoms with Crippen molar-refractivity contribution in [2.24, 2.45) is 5.92 Å². The summed E-state index contributed by atoms with van der Waals surface area (Å²) < 4.78 is 4.73. The molecule has 0 unspecified atom stereocenters. The summed E-state index contributed by atoms with van der Waals surface area (Å²) in [7, 11) is 1.32. The van der Waals surface area contributed by atoms with Crippen LogP contribution in [0.15, 0.2) is 0 Å². The summed E-state index contributed by atoms with van der Waals surface area (Å²) in [5, 5.41) is 20.3. The maximum Gasteiger partial charge on any atom is 0.313 e. The summed E-state index contributed by atoms with van der Waals surface area (Å²) in [6, 6.07) is -0.0290. The van der Waals surface area contributed by atoms with Gasteiger partial charge in [-0.05, 0) is 12.8 Å². The van der Waals surface area contributed by atoms with Gasteiger partial charge in [-0.3, -0.25) is 9.63 Å². The Morgan fingerprint density at radius 3 is 3.06 bits per heavy atom. The monoisotopic (exact) mass is 231 g/mol. The van der Waals surface area contributed by atoms with Gasteiger partial charge < -0.3 is 14.9 Å². The van der Waals surface area contributed by atoms with Gasteiger partial charge >= 0.3 is 5.97 Å². The van der Waals surface area contributed by atoms with Gasteiger partial charge in [0, 0.05) is 6.54 Å². The average molecular weight is 231 g/mol. The van der Waals surface area contributed by atoms with E-state index in [1.807, 2.05) is 0 Å². The highest BCUT2D eigenvalue weighted by Crippen LogP contribution is 2.37. The fraction of sp³-hybridized carbons (Fsp3) is 0.900. The molecule has 0 aliphatic carbocycles. The summed E-state index contributed by atoms with van der Waals surface area (Å²) in [4.78, 5) is 17.2. The number of aliphatic hydroxyl groups excluding tert-OH is 2. The van der Waals surface area contributed by atoms with Crippen LogP contribution in [0.25, 0.3) is 0 Å². The molecule has 4 atom stereocenters. The van der Waals surface area contributed by atoms with Crippen molar-refractivity contribution in [1.82, 2.24) is 5.06 Å². The summed E-state index contributed by atoms with van der Waals surface area (Å²) >= 11 is 0. The number of ether oxygens (including phenoxy) is 1. The van der Waals surface area contributed by atoms with E-state index in [-0.39, 0.29) is 12.0 Å². The maximum atomic E-state index is 11.7. The quantitative estimate of drug-likeness (QED) is 0.601. The van der Waals surface area contributed by atoms with Crippen LogP contribution < -0.4 is 0 Å². The average Bonchev–Trinajstić information content (AvgIpc) is 2.86. The zero-order chi connectivity index (χ0) is 11.7. The largest absolute Gasteiger partial charge is 0.469 e. The van der Waals surface area contributed by atoms with Crippen LogP contribution in [0, 0.1) is 5.92 Å². The number of esters is 1. The molecule has 0 amide bonds. The van der Waals surface area contributed by atoms with E-state index in [2.05, 4.69) is 0 Å². The van der Waals surface area contributed by atoms with Crippen molar-refractivity contribution in [2.75, 3.05) is 20.3 Å². The number of hydrogen-bond acceptors (Lipinski definition) is 6. The highest BCUT2D eigenvalue weighted by Gasteiger charge is 2.52. The van der Waals surface area contributed by atoms with Crippen LogP contribution in [0.3, 0.4) is 0 Å². The molecule has 6 nitrogen and oxygen atoms in total. The zero-order valence-corrected chi connectivity index (χ0v) is 9.20. The van der Waals surface area contributed by atoms with Crippen LogP contribution in [-0.2, 0) is 14.4 Å². The third kappa shape index (κ3) is 1.82. The fourth-order valence-electron chi connectivity index (χ4n) is 2.54. The molecule has 0 aromatic carbocycles. The Bertz CT molecular complexity index is 272. The van der Waals surface area contributed by atoms with Gasteiger partial charge in [-0.1, -0.05) is 0 Å². The van der Waals surface area contributed by atoms with Crippen LogP contribution in [0.2, 0.25) is 0 Å². The molecule has 0 bridgehead atoms. The van der Waals surface area contributed by atoms with Crippen molar-refractivity contribution >= 4 is 5.97 Å². The lowest BCUT2D eigenvalue weighted by atomic mass is 9.91. The Hall–Kier alpha value is -0.690. The lowest BCUT2D eigenvalue weighted by Crippen LogP contribution is -2.41. The molecule has 16 heavy (non-hydrogen) atoms. The maximum absolute atomic E-state index is 11.7. The van der Waals surface area contributed by atoms with Crippen molar-refractivity contribution < 1.29 is 24.6 Å². The molecule has 0 saturated carbocycles. The first-order valence-electron chi connectivity index (χ1n) is 5.49. The smallest absolute Gasteiger partial charge is 0.313 e. The van der Waals surface area contributed by atoms with E-state index in [1.165, 1.54) is 7.11 Å². The molecule has 92 valence electrons. The number of aliphatic hydroxyl groups is 2. The number of hydroxylamine groups is 2. The van der Waals surface area contributed by atoms with Crippen LogP contribution in [0.4, 0.5) is 0 Å². The third-order valence-corrected chi connectivity index (χ3v) is 3.31. The van der Waals surface area contributed by atoms with Gasteiger partial charge in [0.25, 0.3) is 0 Å². The second-order valence-electron chi connectivity index (χ2n) is 4.22. The molecular weight excluding hydrogens is 214 g/mol. The van der Waals surface area contributed by atoms with Gasteiger partial charge in [-0.15, -0.1) is 0 Å². The molecular formula is C10H17NO5. The molecule has 6 heteroatoms. The molecule has 2 aliphatic rings. The van der Waals surface area contributed by atoms with Crippen molar-refractivity contribution in [3.8, 4) is 0 Å². The molecule has 0 radical (unpaired) electrons. The number of methoxy groups -OCH3 is 1. The van der Waals surface area contributed by atoms with Gasteiger partial charge in [-0.2, -0.15) is 5.06 Å². The van der Waals surface area contributed by atoms with Crippen LogP contribution in [-0.4, -0.2) is 59.8 Å². The second-order valence-corrected chi connectivity index (χ2v) is 4.22. The summed E-state index contributed by atoms with van der Waals surface area (Å²) in [6.45, 7) is 0.339. The normalized spacial score (nSPS) is 36.1. The highest BCUT2D eigenvalue weighted by molar-refractivity contribution is 5.74.